The van der Waals surface area contributed by atoms with E-state index in [1.807, 2.05) is 30.1 Å². The Kier molecular flexibility index (Phi) is 2.99. The standard InChI is InChI=1S/C10H11ClN2S/c1-8-13(4-5-14-8)7-9-2-3-10(11)12-6-9/h2-3,6H,1,4-5,7H2. The molecule has 0 N–H and O–H groups in total. The van der Waals surface area contributed by atoms with Crippen molar-refractivity contribution >= 4 is 23.4 Å². The quantitative estimate of drug-likeness (QED) is 0.722. The first-order valence-corrected chi connectivity index (χ1v) is 5.79. The van der Waals surface area contributed by atoms with Crippen LogP contribution in [0.3, 0.4) is 0 Å². The highest BCUT2D eigenvalue weighted by Gasteiger charge is 2.15. The number of thioether (sulfide) groups is 1. The fourth-order valence-electron chi connectivity index (χ4n) is 1.38. The fourth-order valence-corrected chi connectivity index (χ4v) is 2.37. The molecule has 0 radical (unpaired) electrons. The van der Waals surface area contributed by atoms with E-state index in [2.05, 4.69) is 16.5 Å². The van der Waals surface area contributed by atoms with Crippen LogP contribution in [-0.2, 0) is 6.54 Å². The van der Waals surface area contributed by atoms with Gasteiger partial charge in [-0.3, -0.25) is 0 Å². The lowest BCUT2D eigenvalue weighted by Crippen LogP contribution is -2.16. The van der Waals surface area contributed by atoms with Gasteiger partial charge >= 0.3 is 0 Å². The number of aromatic nitrogens is 1. The first-order valence-electron chi connectivity index (χ1n) is 4.43. The Morgan fingerprint density at radius 3 is 3.00 bits per heavy atom. The molecule has 1 fully saturated rings. The lowest BCUT2D eigenvalue weighted by Gasteiger charge is -2.17. The topological polar surface area (TPSA) is 16.1 Å². The second kappa shape index (κ2) is 4.24. The molecular formula is C10H11ClN2S. The van der Waals surface area contributed by atoms with Crippen LogP contribution in [0.1, 0.15) is 5.56 Å². The van der Waals surface area contributed by atoms with Gasteiger partial charge in [-0.25, -0.2) is 4.98 Å². The monoisotopic (exact) mass is 226 g/mol. The van der Waals surface area contributed by atoms with Gasteiger partial charge in [-0.15, -0.1) is 11.8 Å². The molecule has 1 aliphatic rings. The molecule has 1 aromatic rings. The molecule has 74 valence electrons. The Bertz CT molecular complexity index is 336. The highest BCUT2D eigenvalue weighted by Crippen LogP contribution is 2.27. The predicted molar refractivity (Wildman–Crippen MR) is 61.3 cm³/mol. The van der Waals surface area contributed by atoms with Gasteiger partial charge in [0, 0.05) is 25.0 Å². The minimum Gasteiger partial charge on any atom is -0.362 e. The zero-order valence-corrected chi connectivity index (χ0v) is 9.31. The molecule has 0 amide bonds. The normalized spacial score (nSPS) is 16.4. The first-order chi connectivity index (χ1) is 6.75. The predicted octanol–water partition coefficient (Wildman–Crippen LogP) is 2.76. The molecule has 0 atom stereocenters. The van der Waals surface area contributed by atoms with Crippen molar-refractivity contribution in [2.24, 2.45) is 0 Å². The second-order valence-electron chi connectivity index (χ2n) is 3.15. The Morgan fingerprint density at radius 2 is 2.43 bits per heavy atom. The lowest BCUT2D eigenvalue weighted by atomic mass is 10.3. The van der Waals surface area contributed by atoms with E-state index in [1.165, 1.54) is 5.56 Å². The maximum absolute atomic E-state index is 5.71. The molecule has 0 spiro atoms. The van der Waals surface area contributed by atoms with Crippen molar-refractivity contribution in [3.63, 3.8) is 0 Å². The number of nitrogens with zero attached hydrogens (tertiary/aromatic N) is 2. The smallest absolute Gasteiger partial charge is 0.129 e. The molecule has 1 aliphatic heterocycles. The summed E-state index contributed by atoms with van der Waals surface area (Å²) in [6.07, 6.45) is 1.82. The van der Waals surface area contributed by atoms with Crippen molar-refractivity contribution < 1.29 is 0 Å². The molecular weight excluding hydrogens is 216 g/mol. The van der Waals surface area contributed by atoms with Gasteiger partial charge in [-0.05, 0) is 11.6 Å². The fraction of sp³-hybridized carbons (Fsp3) is 0.300. The molecule has 0 unspecified atom stereocenters. The van der Waals surface area contributed by atoms with Crippen LogP contribution in [0, 0.1) is 0 Å². The summed E-state index contributed by atoms with van der Waals surface area (Å²) in [5.74, 6) is 1.14. The molecule has 0 aromatic carbocycles. The van der Waals surface area contributed by atoms with E-state index >= 15 is 0 Å². The van der Waals surface area contributed by atoms with Crippen molar-refractivity contribution in [3.8, 4) is 0 Å². The minimum atomic E-state index is 0.545. The average Bonchev–Trinajstić information content (AvgIpc) is 2.56. The molecule has 0 bridgehead atoms. The van der Waals surface area contributed by atoms with E-state index in [-0.39, 0.29) is 0 Å². The van der Waals surface area contributed by atoms with Gasteiger partial charge in [0.2, 0.25) is 0 Å². The molecule has 2 rings (SSSR count). The summed E-state index contributed by atoms with van der Waals surface area (Å²) in [7, 11) is 0. The number of hydrogen-bond acceptors (Lipinski definition) is 3. The molecule has 0 aliphatic carbocycles. The molecule has 0 saturated carbocycles. The van der Waals surface area contributed by atoms with E-state index < -0.39 is 0 Å². The van der Waals surface area contributed by atoms with Crippen LogP contribution < -0.4 is 0 Å². The van der Waals surface area contributed by atoms with Crippen molar-refractivity contribution in [1.29, 1.82) is 0 Å². The van der Waals surface area contributed by atoms with Crippen molar-refractivity contribution in [1.82, 2.24) is 9.88 Å². The van der Waals surface area contributed by atoms with Gasteiger partial charge in [0.15, 0.2) is 0 Å². The van der Waals surface area contributed by atoms with Crippen LogP contribution >= 0.6 is 23.4 Å². The Hall–Kier alpha value is -0.670. The summed E-state index contributed by atoms with van der Waals surface area (Å²) in [5, 5.41) is 1.70. The Morgan fingerprint density at radius 1 is 1.57 bits per heavy atom. The van der Waals surface area contributed by atoms with Gasteiger partial charge in [-0.1, -0.05) is 24.2 Å². The number of halogens is 1. The maximum Gasteiger partial charge on any atom is 0.129 e. The molecule has 1 aromatic heterocycles. The summed E-state index contributed by atoms with van der Waals surface area (Å²) in [6.45, 7) is 5.95. The molecule has 14 heavy (non-hydrogen) atoms. The Labute approximate surface area is 93.0 Å². The second-order valence-corrected chi connectivity index (χ2v) is 4.71. The van der Waals surface area contributed by atoms with E-state index in [0.717, 1.165) is 23.9 Å². The summed E-state index contributed by atoms with van der Waals surface area (Å²) in [5.41, 5.74) is 1.18. The van der Waals surface area contributed by atoms with Crippen LogP contribution in [0.15, 0.2) is 29.9 Å². The number of rotatable bonds is 2. The summed E-state index contributed by atoms with van der Waals surface area (Å²) in [6, 6.07) is 3.83. The van der Waals surface area contributed by atoms with Crippen molar-refractivity contribution in [3.05, 3.63) is 40.7 Å². The summed E-state index contributed by atoms with van der Waals surface area (Å²) in [4.78, 5) is 6.31. The molecule has 1 saturated heterocycles. The van der Waals surface area contributed by atoms with Crippen LogP contribution in [-0.4, -0.2) is 22.2 Å². The SMILES string of the molecule is C=C1SCCN1Cc1ccc(Cl)nc1. The largest absolute Gasteiger partial charge is 0.362 e. The maximum atomic E-state index is 5.71. The first kappa shape index (κ1) is 9.87. The molecule has 2 heterocycles. The van der Waals surface area contributed by atoms with Crippen molar-refractivity contribution in [2.75, 3.05) is 12.3 Å². The van der Waals surface area contributed by atoms with E-state index in [1.54, 1.807) is 0 Å². The van der Waals surface area contributed by atoms with Crippen LogP contribution in [0.5, 0.6) is 0 Å². The van der Waals surface area contributed by atoms with Crippen LogP contribution in [0.2, 0.25) is 5.15 Å². The number of pyridine rings is 1. The zero-order valence-electron chi connectivity index (χ0n) is 7.74. The zero-order chi connectivity index (χ0) is 9.97. The third kappa shape index (κ3) is 2.22. The van der Waals surface area contributed by atoms with Gasteiger partial charge in [0.1, 0.15) is 5.15 Å². The van der Waals surface area contributed by atoms with Crippen LogP contribution in [0.25, 0.3) is 0 Å². The van der Waals surface area contributed by atoms with Gasteiger partial charge < -0.3 is 4.90 Å². The molecule has 4 heteroatoms. The average molecular weight is 227 g/mol. The lowest BCUT2D eigenvalue weighted by molar-refractivity contribution is 0.397. The highest BCUT2D eigenvalue weighted by atomic mass is 35.5. The van der Waals surface area contributed by atoms with E-state index in [4.69, 9.17) is 11.6 Å². The van der Waals surface area contributed by atoms with Crippen LogP contribution in [0.4, 0.5) is 0 Å². The summed E-state index contributed by atoms with van der Waals surface area (Å²) < 4.78 is 0. The third-order valence-corrected chi connectivity index (χ3v) is 3.35. The van der Waals surface area contributed by atoms with Gasteiger partial charge in [0.25, 0.3) is 0 Å². The Balaban J connectivity index is 2.03. The van der Waals surface area contributed by atoms with E-state index in [0.29, 0.717) is 5.15 Å². The highest BCUT2D eigenvalue weighted by molar-refractivity contribution is 8.03. The summed E-state index contributed by atoms with van der Waals surface area (Å²) >= 11 is 7.52. The van der Waals surface area contributed by atoms with Crippen molar-refractivity contribution in [2.45, 2.75) is 6.54 Å². The van der Waals surface area contributed by atoms with E-state index in [9.17, 15) is 0 Å². The third-order valence-electron chi connectivity index (χ3n) is 2.14. The van der Waals surface area contributed by atoms with Gasteiger partial charge in [-0.2, -0.15) is 0 Å². The number of hydrogen-bond donors (Lipinski definition) is 0. The molecule has 2 nitrogen and oxygen atoms in total. The minimum absolute atomic E-state index is 0.545. The van der Waals surface area contributed by atoms with Gasteiger partial charge in [0.05, 0.1) is 5.03 Å².